The number of halogens is 1. The van der Waals surface area contributed by atoms with Crippen molar-refractivity contribution in [1.29, 1.82) is 0 Å². The maximum atomic E-state index is 12.2. The average molecular weight is 365 g/mol. The van der Waals surface area contributed by atoms with Gasteiger partial charge in [-0.1, -0.05) is 0 Å². The molecular weight excluding hydrogens is 353 g/mol. The molecule has 0 aromatic carbocycles. The minimum absolute atomic E-state index is 0.156. The van der Waals surface area contributed by atoms with E-state index in [-0.39, 0.29) is 5.91 Å². The molecule has 17 heavy (non-hydrogen) atoms. The zero-order valence-electron chi connectivity index (χ0n) is 9.06. The first-order chi connectivity index (χ1) is 8.09. The van der Waals surface area contributed by atoms with Gasteiger partial charge in [-0.15, -0.1) is 11.3 Å². The zero-order chi connectivity index (χ0) is 12.4. The monoisotopic (exact) mass is 365 g/mol. The van der Waals surface area contributed by atoms with Crippen molar-refractivity contribution in [1.82, 2.24) is 4.90 Å². The minimum atomic E-state index is -0.900. The van der Waals surface area contributed by atoms with Crippen LogP contribution in [0.1, 0.15) is 29.6 Å². The van der Waals surface area contributed by atoms with Crippen LogP contribution in [0, 0.1) is 2.88 Å². The van der Waals surface area contributed by atoms with Crippen LogP contribution >= 0.6 is 33.9 Å². The maximum absolute atomic E-state index is 12.2. The Morgan fingerprint density at radius 2 is 2.24 bits per heavy atom. The van der Waals surface area contributed by atoms with Crippen molar-refractivity contribution < 1.29 is 14.7 Å². The molecule has 1 aliphatic rings. The highest BCUT2D eigenvalue weighted by atomic mass is 127. The fourth-order valence-electron chi connectivity index (χ4n) is 2.02. The molecule has 1 aromatic heterocycles. The standard InChI is InChI=1S/C11H12INO3S/c12-9-5-7(6-17-9)10(14)13-4-2-1-3-8(13)11(15)16/h5-6,8H,1-4H2,(H,15,16)/t8-/m0/s1. The van der Waals surface area contributed by atoms with Crippen LogP contribution < -0.4 is 0 Å². The lowest BCUT2D eigenvalue weighted by atomic mass is 10.0. The number of carboxylic acids is 1. The minimum Gasteiger partial charge on any atom is -0.480 e. The first-order valence-electron chi connectivity index (χ1n) is 5.37. The second-order valence-electron chi connectivity index (χ2n) is 3.99. The highest BCUT2D eigenvalue weighted by Gasteiger charge is 2.32. The average Bonchev–Trinajstić information content (AvgIpc) is 2.75. The Labute approximate surface area is 117 Å². The Balaban J connectivity index is 2.19. The summed E-state index contributed by atoms with van der Waals surface area (Å²) in [6.07, 6.45) is 2.32. The van der Waals surface area contributed by atoms with Crippen LogP contribution in [0.5, 0.6) is 0 Å². The summed E-state index contributed by atoms with van der Waals surface area (Å²) in [4.78, 5) is 24.8. The number of amides is 1. The number of likely N-dealkylation sites (tertiary alicyclic amines) is 1. The van der Waals surface area contributed by atoms with Gasteiger partial charge >= 0.3 is 5.97 Å². The van der Waals surface area contributed by atoms with E-state index in [4.69, 9.17) is 5.11 Å². The topological polar surface area (TPSA) is 57.6 Å². The fourth-order valence-corrected chi connectivity index (χ4v) is 3.34. The van der Waals surface area contributed by atoms with Crippen molar-refractivity contribution in [3.8, 4) is 0 Å². The van der Waals surface area contributed by atoms with Crippen LogP contribution in [0.25, 0.3) is 0 Å². The van der Waals surface area contributed by atoms with Crippen LogP contribution in [-0.2, 0) is 4.79 Å². The van der Waals surface area contributed by atoms with Gasteiger partial charge in [0.25, 0.3) is 5.91 Å². The molecule has 1 aliphatic heterocycles. The summed E-state index contributed by atoms with van der Waals surface area (Å²) in [5.41, 5.74) is 0.604. The molecule has 2 rings (SSSR count). The van der Waals surface area contributed by atoms with Gasteiger partial charge in [-0.3, -0.25) is 4.79 Å². The molecule has 1 atom stereocenters. The Morgan fingerprint density at radius 1 is 1.47 bits per heavy atom. The van der Waals surface area contributed by atoms with Gasteiger partial charge < -0.3 is 10.0 Å². The molecule has 0 spiro atoms. The molecule has 0 unspecified atom stereocenters. The number of piperidine rings is 1. The maximum Gasteiger partial charge on any atom is 0.326 e. The third-order valence-electron chi connectivity index (χ3n) is 2.86. The summed E-state index contributed by atoms with van der Waals surface area (Å²) in [5.74, 6) is -1.06. The summed E-state index contributed by atoms with van der Waals surface area (Å²) in [7, 11) is 0. The Kier molecular flexibility index (Phi) is 4.03. The van der Waals surface area contributed by atoms with Crippen molar-refractivity contribution in [3.63, 3.8) is 0 Å². The largest absolute Gasteiger partial charge is 0.480 e. The molecule has 2 heterocycles. The van der Waals surface area contributed by atoms with Gasteiger partial charge in [-0.25, -0.2) is 4.79 Å². The van der Waals surface area contributed by atoms with Crippen molar-refractivity contribution in [2.24, 2.45) is 0 Å². The lowest BCUT2D eigenvalue weighted by molar-refractivity contribution is -0.143. The van der Waals surface area contributed by atoms with E-state index in [0.29, 0.717) is 18.5 Å². The number of rotatable bonds is 2. The molecule has 0 bridgehead atoms. The smallest absolute Gasteiger partial charge is 0.326 e. The number of hydrogen-bond donors (Lipinski definition) is 1. The second kappa shape index (κ2) is 5.34. The van der Waals surface area contributed by atoms with Gasteiger partial charge in [-0.2, -0.15) is 0 Å². The molecule has 1 aromatic rings. The van der Waals surface area contributed by atoms with Gasteiger partial charge in [0.15, 0.2) is 0 Å². The number of carboxylic acid groups (broad SMARTS) is 1. The summed E-state index contributed by atoms with van der Waals surface area (Å²) in [5, 5.41) is 10.9. The van der Waals surface area contributed by atoms with E-state index in [0.717, 1.165) is 15.7 Å². The SMILES string of the molecule is O=C(O)[C@@H]1CCCCN1C(=O)c1csc(I)c1. The third-order valence-corrected chi connectivity index (χ3v) is 4.65. The van der Waals surface area contributed by atoms with Crippen molar-refractivity contribution in [3.05, 3.63) is 19.9 Å². The summed E-state index contributed by atoms with van der Waals surface area (Å²) in [6, 6.07) is 1.15. The molecule has 4 nitrogen and oxygen atoms in total. The highest BCUT2D eigenvalue weighted by molar-refractivity contribution is 14.1. The van der Waals surface area contributed by atoms with E-state index in [1.807, 2.05) is 0 Å². The molecule has 0 saturated carbocycles. The lowest BCUT2D eigenvalue weighted by Crippen LogP contribution is -2.47. The number of hydrogen-bond acceptors (Lipinski definition) is 3. The van der Waals surface area contributed by atoms with Crippen LogP contribution in [0.3, 0.4) is 0 Å². The molecule has 92 valence electrons. The van der Waals surface area contributed by atoms with Crippen LogP contribution in [-0.4, -0.2) is 34.5 Å². The quantitative estimate of drug-likeness (QED) is 0.820. The van der Waals surface area contributed by atoms with E-state index in [1.165, 1.54) is 16.2 Å². The van der Waals surface area contributed by atoms with E-state index in [9.17, 15) is 9.59 Å². The van der Waals surface area contributed by atoms with Gasteiger partial charge in [0, 0.05) is 11.9 Å². The summed E-state index contributed by atoms with van der Waals surface area (Å²) >= 11 is 3.65. The van der Waals surface area contributed by atoms with Gasteiger partial charge in [0.1, 0.15) is 6.04 Å². The summed E-state index contributed by atoms with van der Waals surface area (Å²) < 4.78 is 1.04. The van der Waals surface area contributed by atoms with E-state index in [1.54, 1.807) is 11.4 Å². The van der Waals surface area contributed by atoms with Crippen LogP contribution in [0.2, 0.25) is 0 Å². The summed E-state index contributed by atoms with van der Waals surface area (Å²) in [6.45, 7) is 0.544. The molecule has 0 aliphatic carbocycles. The molecule has 6 heteroatoms. The van der Waals surface area contributed by atoms with Crippen LogP contribution in [0.15, 0.2) is 11.4 Å². The second-order valence-corrected chi connectivity index (χ2v) is 6.79. The van der Waals surface area contributed by atoms with Crippen LogP contribution in [0.4, 0.5) is 0 Å². The molecular formula is C11H12INO3S. The molecule has 0 radical (unpaired) electrons. The van der Waals surface area contributed by atoms with Crippen molar-refractivity contribution in [2.45, 2.75) is 25.3 Å². The lowest BCUT2D eigenvalue weighted by Gasteiger charge is -2.32. The molecule has 1 amide bonds. The van der Waals surface area contributed by atoms with Gasteiger partial charge in [0.05, 0.1) is 8.45 Å². The molecule has 1 fully saturated rings. The molecule has 1 N–H and O–H groups in total. The molecule has 1 saturated heterocycles. The first-order valence-corrected chi connectivity index (χ1v) is 7.33. The third kappa shape index (κ3) is 2.79. The number of nitrogens with zero attached hydrogens (tertiary/aromatic N) is 1. The highest BCUT2D eigenvalue weighted by Crippen LogP contribution is 2.23. The van der Waals surface area contributed by atoms with Gasteiger partial charge in [0.2, 0.25) is 0 Å². The Morgan fingerprint density at radius 3 is 2.82 bits per heavy atom. The fraction of sp³-hybridized carbons (Fsp3) is 0.455. The first kappa shape index (κ1) is 12.8. The van der Waals surface area contributed by atoms with Gasteiger partial charge in [-0.05, 0) is 47.9 Å². The number of thiophene rings is 1. The van der Waals surface area contributed by atoms with E-state index < -0.39 is 12.0 Å². The zero-order valence-corrected chi connectivity index (χ0v) is 12.0. The Hall–Kier alpha value is -0.630. The number of carbonyl (C=O) groups excluding carboxylic acids is 1. The number of carbonyl (C=O) groups is 2. The predicted octanol–water partition coefficient (Wildman–Crippen LogP) is 2.43. The van der Waals surface area contributed by atoms with Crippen molar-refractivity contribution in [2.75, 3.05) is 6.54 Å². The van der Waals surface area contributed by atoms with Crippen molar-refractivity contribution >= 4 is 45.8 Å². The predicted molar refractivity (Wildman–Crippen MR) is 73.3 cm³/mol. The van der Waals surface area contributed by atoms with E-state index in [2.05, 4.69) is 22.6 Å². The Bertz CT molecular complexity index is 446. The van der Waals surface area contributed by atoms with E-state index >= 15 is 0 Å². The normalized spacial score (nSPS) is 20.3. The number of aliphatic carboxylic acids is 1.